The summed E-state index contributed by atoms with van der Waals surface area (Å²) in [6, 6.07) is 0.629. The molecule has 2 rings (SSSR count). The van der Waals surface area contributed by atoms with E-state index in [1.165, 1.54) is 5.57 Å². The van der Waals surface area contributed by atoms with Gasteiger partial charge < -0.3 is 10.6 Å². The number of nitrogens with zero attached hydrogens (tertiary/aromatic N) is 1. The standard InChI is InChI=1S/C10H17N3/c1-7-3-4-13-6-9(8(2)11)12-10(13)5-7/h3-5,8-10,12H,6,11H2,1-2H3/t8-,9?,10?/m1/s1. The van der Waals surface area contributed by atoms with E-state index in [-0.39, 0.29) is 6.04 Å². The molecule has 0 aromatic heterocycles. The fourth-order valence-electron chi connectivity index (χ4n) is 1.84. The van der Waals surface area contributed by atoms with Gasteiger partial charge in [-0.15, -0.1) is 0 Å². The number of fused-ring (bicyclic) bond motifs is 1. The number of hydrogen-bond acceptors (Lipinski definition) is 3. The Hall–Kier alpha value is -0.800. The average Bonchev–Trinajstić information content (AvgIpc) is 2.46. The molecule has 0 saturated carbocycles. The third kappa shape index (κ3) is 1.62. The van der Waals surface area contributed by atoms with Crippen LogP contribution in [-0.4, -0.2) is 29.7 Å². The average molecular weight is 179 g/mol. The van der Waals surface area contributed by atoms with Crippen molar-refractivity contribution in [3.8, 4) is 0 Å². The summed E-state index contributed by atoms with van der Waals surface area (Å²) in [5.74, 6) is 0. The molecule has 1 saturated heterocycles. The Balaban J connectivity index is 2.08. The molecule has 2 aliphatic rings. The predicted octanol–water partition coefficient (Wildman–Crippen LogP) is 0.407. The second-order valence-corrected chi connectivity index (χ2v) is 4.00. The van der Waals surface area contributed by atoms with Crippen molar-refractivity contribution in [1.29, 1.82) is 0 Å². The Kier molecular flexibility index (Phi) is 2.14. The van der Waals surface area contributed by atoms with Crippen LogP contribution in [0.25, 0.3) is 0 Å². The smallest absolute Gasteiger partial charge is 0.0991 e. The van der Waals surface area contributed by atoms with Crippen molar-refractivity contribution >= 4 is 0 Å². The first-order chi connectivity index (χ1) is 6.16. The minimum Gasteiger partial charge on any atom is -0.357 e. The topological polar surface area (TPSA) is 41.3 Å². The third-order valence-corrected chi connectivity index (χ3v) is 2.73. The van der Waals surface area contributed by atoms with Crippen LogP contribution < -0.4 is 11.1 Å². The van der Waals surface area contributed by atoms with Crippen LogP contribution in [0.3, 0.4) is 0 Å². The van der Waals surface area contributed by atoms with Gasteiger partial charge >= 0.3 is 0 Å². The SMILES string of the molecule is CC1=CC2NC([C@@H](C)N)CN2C=C1. The summed E-state index contributed by atoms with van der Waals surface area (Å²) in [5.41, 5.74) is 7.17. The molecule has 3 atom stereocenters. The van der Waals surface area contributed by atoms with Crippen LogP contribution in [0.15, 0.2) is 23.9 Å². The number of nitrogens with two attached hydrogens (primary N) is 1. The summed E-state index contributed by atoms with van der Waals surface area (Å²) in [7, 11) is 0. The number of hydrogen-bond donors (Lipinski definition) is 2. The molecule has 2 unspecified atom stereocenters. The second kappa shape index (κ2) is 3.16. The summed E-state index contributed by atoms with van der Waals surface area (Å²) in [4.78, 5) is 2.29. The first-order valence-corrected chi connectivity index (χ1v) is 4.81. The Morgan fingerprint density at radius 3 is 3.15 bits per heavy atom. The van der Waals surface area contributed by atoms with Gasteiger partial charge in [-0.05, 0) is 26.0 Å². The van der Waals surface area contributed by atoms with Crippen LogP contribution in [-0.2, 0) is 0 Å². The van der Waals surface area contributed by atoms with Crippen LogP contribution in [0, 0.1) is 0 Å². The monoisotopic (exact) mass is 179 g/mol. The van der Waals surface area contributed by atoms with Crippen LogP contribution in [0.1, 0.15) is 13.8 Å². The van der Waals surface area contributed by atoms with Gasteiger partial charge in [0.25, 0.3) is 0 Å². The van der Waals surface area contributed by atoms with E-state index >= 15 is 0 Å². The molecule has 0 aromatic carbocycles. The molecule has 0 aromatic rings. The normalized spacial score (nSPS) is 34.4. The maximum absolute atomic E-state index is 5.85. The zero-order chi connectivity index (χ0) is 9.42. The first-order valence-electron chi connectivity index (χ1n) is 4.81. The molecule has 0 bridgehead atoms. The van der Waals surface area contributed by atoms with Crippen LogP contribution in [0.5, 0.6) is 0 Å². The Labute approximate surface area is 79.3 Å². The molecular formula is C10H17N3. The Morgan fingerprint density at radius 2 is 2.46 bits per heavy atom. The highest BCUT2D eigenvalue weighted by molar-refractivity contribution is 5.24. The van der Waals surface area contributed by atoms with Crippen LogP contribution >= 0.6 is 0 Å². The zero-order valence-corrected chi connectivity index (χ0v) is 8.20. The summed E-state index contributed by atoms with van der Waals surface area (Å²) in [6.07, 6.45) is 6.89. The minimum absolute atomic E-state index is 0.215. The van der Waals surface area contributed by atoms with E-state index in [4.69, 9.17) is 5.73 Å². The van der Waals surface area contributed by atoms with Gasteiger partial charge in [0.15, 0.2) is 0 Å². The maximum Gasteiger partial charge on any atom is 0.0991 e. The van der Waals surface area contributed by atoms with E-state index < -0.39 is 0 Å². The maximum atomic E-state index is 5.85. The third-order valence-electron chi connectivity index (χ3n) is 2.73. The predicted molar refractivity (Wildman–Crippen MR) is 54.0 cm³/mol. The molecular weight excluding hydrogens is 162 g/mol. The zero-order valence-electron chi connectivity index (χ0n) is 8.20. The Morgan fingerprint density at radius 1 is 1.69 bits per heavy atom. The molecule has 3 heteroatoms. The van der Waals surface area contributed by atoms with Crippen LogP contribution in [0.2, 0.25) is 0 Å². The van der Waals surface area contributed by atoms with E-state index in [9.17, 15) is 0 Å². The van der Waals surface area contributed by atoms with Crippen LogP contribution in [0.4, 0.5) is 0 Å². The van der Waals surface area contributed by atoms with E-state index in [0.29, 0.717) is 12.2 Å². The summed E-state index contributed by atoms with van der Waals surface area (Å²) < 4.78 is 0. The fraction of sp³-hybridized carbons (Fsp3) is 0.600. The highest BCUT2D eigenvalue weighted by Crippen LogP contribution is 2.18. The van der Waals surface area contributed by atoms with Crippen molar-refractivity contribution in [2.24, 2.45) is 5.73 Å². The van der Waals surface area contributed by atoms with E-state index in [1.54, 1.807) is 0 Å². The molecule has 0 radical (unpaired) electrons. The lowest BCUT2D eigenvalue weighted by molar-refractivity contribution is 0.379. The largest absolute Gasteiger partial charge is 0.357 e. The van der Waals surface area contributed by atoms with Gasteiger partial charge in [0.2, 0.25) is 0 Å². The lowest BCUT2D eigenvalue weighted by Crippen LogP contribution is -2.42. The first kappa shape index (κ1) is 8.78. The molecule has 3 N–H and O–H groups in total. The summed E-state index contributed by atoms with van der Waals surface area (Å²) in [5, 5.41) is 3.50. The van der Waals surface area contributed by atoms with Gasteiger partial charge in [0.05, 0.1) is 6.17 Å². The van der Waals surface area contributed by atoms with Crippen molar-refractivity contribution in [3.63, 3.8) is 0 Å². The summed E-state index contributed by atoms with van der Waals surface area (Å²) >= 11 is 0. The van der Waals surface area contributed by atoms with E-state index in [2.05, 4.69) is 42.4 Å². The Bertz CT molecular complexity index is 255. The highest BCUT2D eigenvalue weighted by Gasteiger charge is 2.30. The highest BCUT2D eigenvalue weighted by atomic mass is 15.3. The molecule has 0 aliphatic carbocycles. The lowest BCUT2D eigenvalue weighted by atomic mass is 10.2. The minimum atomic E-state index is 0.215. The molecule has 0 spiro atoms. The van der Waals surface area contributed by atoms with E-state index in [1.807, 2.05) is 0 Å². The summed E-state index contributed by atoms with van der Waals surface area (Å²) in [6.45, 7) is 5.19. The van der Waals surface area contributed by atoms with Crippen molar-refractivity contribution in [3.05, 3.63) is 23.9 Å². The molecule has 3 nitrogen and oxygen atoms in total. The molecule has 1 fully saturated rings. The molecule has 72 valence electrons. The van der Waals surface area contributed by atoms with Crippen molar-refractivity contribution < 1.29 is 0 Å². The molecule has 13 heavy (non-hydrogen) atoms. The molecule has 2 aliphatic heterocycles. The number of nitrogens with one attached hydrogen (secondary N) is 1. The van der Waals surface area contributed by atoms with Gasteiger partial charge in [-0.25, -0.2) is 0 Å². The second-order valence-electron chi connectivity index (χ2n) is 4.00. The van der Waals surface area contributed by atoms with Crippen molar-refractivity contribution in [2.75, 3.05) is 6.54 Å². The number of allylic oxidation sites excluding steroid dienone is 2. The number of rotatable bonds is 1. The van der Waals surface area contributed by atoms with E-state index in [0.717, 1.165) is 6.54 Å². The quantitative estimate of drug-likeness (QED) is 0.612. The van der Waals surface area contributed by atoms with Crippen molar-refractivity contribution in [2.45, 2.75) is 32.1 Å². The van der Waals surface area contributed by atoms with Gasteiger partial charge in [-0.2, -0.15) is 0 Å². The lowest BCUT2D eigenvalue weighted by Gasteiger charge is -2.22. The van der Waals surface area contributed by atoms with Crippen molar-refractivity contribution in [1.82, 2.24) is 10.2 Å². The molecule has 2 heterocycles. The van der Waals surface area contributed by atoms with Gasteiger partial charge in [-0.1, -0.05) is 5.57 Å². The molecule has 0 amide bonds. The fourth-order valence-corrected chi connectivity index (χ4v) is 1.84. The van der Waals surface area contributed by atoms with Gasteiger partial charge in [0.1, 0.15) is 0 Å². The van der Waals surface area contributed by atoms with Gasteiger partial charge in [0, 0.05) is 24.8 Å². The van der Waals surface area contributed by atoms with Gasteiger partial charge in [-0.3, -0.25) is 5.32 Å².